The molecular formula is C13H20N2O2. The van der Waals surface area contributed by atoms with Gasteiger partial charge in [0.15, 0.2) is 0 Å². The summed E-state index contributed by atoms with van der Waals surface area (Å²) in [6.45, 7) is 1.91. The van der Waals surface area contributed by atoms with Crippen molar-refractivity contribution >= 4 is 0 Å². The maximum absolute atomic E-state index is 10.8. The Morgan fingerprint density at radius 3 is 3.00 bits per heavy atom. The van der Waals surface area contributed by atoms with Crippen LogP contribution in [0.15, 0.2) is 18.3 Å². The SMILES string of the molecule is COc1cccnc1C1(O)CCCN(C)CC1. The molecule has 1 fully saturated rings. The van der Waals surface area contributed by atoms with Gasteiger partial charge in [0.05, 0.1) is 7.11 Å². The minimum Gasteiger partial charge on any atom is -0.495 e. The average molecular weight is 236 g/mol. The zero-order valence-corrected chi connectivity index (χ0v) is 10.5. The van der Waals surface area contributed by atoms with Gasteiger partial charge in [-0.1, -0.05) is 0 Å². The van der Waals surface area contributed by atoms with Gasteiger partial charge in [0.1, 0.15) is 17.0 Å². The van der Waals surface area contributed by atoms with Crippen molar-refractivity contribution < 1.29 is 9.84 Å². The Morgan fingerprint density at radius 1 is 1.41 bits per heavy atom. The van der Waals surface area contributed by atoms with Crippen LogP contribution in [0.25, 0.3) is 0 Å². The summed E-state index contributed by atoms with van der Waals surface area (Å²) in [5, 5.41) is 10.8. The summed E-state index contributed by atoms with van der Waals surface area (Å²) in [4.78, 5) is 6.56. The molecule has 4 nitrogen and oxygen atoms in total. The Labute approximate surface area is 102 Å². The van der Waals surface area contributed by atoms with Crippen molar-refractivity contribution in [3.05, 3.63) is 24.0 Å². The molecule has 1 N–H and O–H groups in total. The van der Waals surface area contributed by atoms with Crippen molar-refractivity contribution in [3.8, 4) is 5.75 Å². The Bertz CT molecular complexity index is 383. The highest BCUT2D eigenvalue weighted by molar-refractivity contribution is 5.31. The van der Waals surface area contributed by atoms with Crippen LogP contribution >= 0.6 is 0 Å². The maximum atomic E-state index is 10.8. The number of hydrogen-bond acceptors (Lipinski definition) is 4. The topological polar surface area (TPSA) is 45.6 Å². The summed E-state index contributed by atoms with van der Waals surface area (Å²) in [5.74, 6) is 0.680. The number of methoxy groups -OCH3 is 1. The van der Waals surface area contributed by atoms with Gasteiger partial charge in [-0.25, -0.2) is 0 Å². The van der Waals surface area contributed by atoms with Crippen LogP contribution in [-0.2, 0) is 5.60 Å². The van der Waals surface area contributed by atoms with E-state index in [0.29, 0.717) is 17.9 Å². The third-order valence-corrected chi connectivity index (χ3v) is 3.47. The standard InChI is InChI=1S/C13H20N2O2/c1-15-9-4-6-13(16,7-10-15)12-11(17-2)5-3-8-14-12/h3,5,8,16H,4,6-7,9-10H2,1-2H3. The molecule has 1 atom stereocenters. The van der Waals surface area contributed by atoms with E-state index in [4.69, 9.17) is 4.74 Å². The molecule has 0 saturated carbocycles. The van der Waals surface area contributed by atoms with E-state index in [1.54, 1.807) is 13.3 Å². The van der Waals surface area contributed by atoms with Crippen LogP contribution in [0.3, 0.4) is 0 Å². The summed E-state index contributed by atoms with van der Waals surface area (Å²) in [7, 11) is 3.70. The summed E-state index contributed by atoms with van der Waals surface area (Å²) < 4.78 is 5.30. The maximum Gasteiger partial charge on any atom is 0.143 e. The highest BCUT2D eigenvalue weighted by atomic mass is 16.5. The van der Waals surface area contributed by atoms with Crippen LogP contribution in [0.4, 0.5) is 0 Å². The number of nitrogens with zero attached hydrogens (tertiary/aromatic N) is 2. The fraction of sp³-hybridized carbons (Fsp3) is 0.615. The molecule has 0 spiro atoms. The summed E-state index contributed by atoms with van der Waals surface area (Å²) in [6, 6.07) is 3.68. The predicted octanol–water partition coefficient (Wildman–Crippen LogP) is 1.39. The molecule has 1 aliphatic rings. The van der Waals surface area contributed by atoms with Crippen molar-refractivity contribution in [1.82, 2.24) is 9.88 Å². The lowest BCUT2D eigenvalue weighted by atomic mass is 9.90. The molecule has 0 aromatic carbocycles. The van der Waals surface area contributed by atoms with Gasteiger partial charge in [-0.05, 0) is 45.0 Å². The molecule has 1 unspecified atom stereocenters. The van der Waals surface area contributed by atoms with Crippen molar-refractivity contribution in [2.24, 2.45) is 0 Å². The molecular weight excluding hydrogens is 216 g/mol. The van der Waals surface area contributed by atoms with E-state index in [9.17, 15) is 5.11 Å². The number of ether oxygens (including phenoxy) is 1. The minimum atomic E-state index is -0.850. The number of likely N-dealkylation sites (tertiary alicyclic amines) is 1. The highest BCUT2D eigenvalue weighted by Crippen LogP contribution is 2.36. The quantitative estimate of drug-likeness (QED) is 0.843. The van der Waals surface area contributed by atoms with E-state index < -0.39 is 5.60 Å². The molecule has 1 aliphatic heterocycles. The second-order valence-corrected chi connectivity index (χ2v) is 4.74. The number of aromatic nitrogens is 1. The van der Waals surface area contributed by atoms with E-state index in [2.05, 4.69) is 16.9 Å². The average Bonchev–Trinajstić information content (AvgIpc) is 2.52. The van der Waals surface area contributed by atoms with Gasteiger partial charge < -0.3 is 14.7 Å². The first-order chi connectivity index (χ1) is 8.15. The van der Waals surface area contributed by atoms with Gasteiger partial charge in [0.25, 0.3) is 0 Å². The molecule has 1 aromatic heterocycles. The van der Waals surface area contributed by atoms with E-state index in [-0.39, 0.29) is 0 Å². The smallest absolute Gasteiger partial charge is 0.143 e. The first-order valence-electron chi connectivity index (χ1n) is 6.06. The molecule has 0 amide bonds. The van der Waals surface area contributed by atoms with Crippen molar-refractivity contribution in [2.45, 2.75) is 24.9 Å². The van der Waals surface area contributed by atoms with Gasteiger partial charge in [-0.3, -0.25) is 4.98 Å². The molecule has 17 heavy (non-hydrogen) atoms. The summed E-state index contributed by atoms with van der Waals surface area (Å²) in [6.07, 6.45) is 4.14. The number of hydrogen-bond donors (Lipinski definition) is 1. The Morgan fingerprint density at radius 2 is 2.24 bits per heavy atom. The van der Waals surface area contributed by atoms with Crippen molar-refractivity contribution in [2.75, 3.05) is 27.2 Å². The highest BCUT2D eigenvalue weighted by Gasteiger charge is 2.35. The van der Waals surface area contributed by atoms with Gasteiger partial charge >= 0.3 is 0 Å². The van der Waals surface area contributed by atoms with Crippen LogP contribution in [-0.4, -0.2) is 42.2 Å². The number of pyridine rings is 1. The second kappa shape index (κ2) is 5.02. The van der Waals surface area contributed by atoms with Gasteiger partial charge in [0, 0.05) is 12.7 Å². The Kier molecular flexibility index (Phi) is 3.64. The molecule has 1 saturated heterocycles. The zero-order chi connectivity index (χ0) is 12.3. The Balaban J connectivity index is 2.29. The lowest BCUT2D eigenvalue weighted by molar-refractivity contribution is 0.0152. The predicted molar refractivity (Wildman–Crippen MR) is 66.0 cm³/mol. The zero-order valence-electron chi connectivity index (χ0n) is 10.5. The fourth-order valence-corrected chi connectivity index (χ4v) is 2.40. The van der Waals surface area contributed by atoms with E-state index >= 15 is 0 Å². The minimum absolute atomic E-state index is 0.679. The molecule has 0 radical (unpaired) electrons. The van der Waals surface area contributed by atoms with Crippen LogP contribution in [0.2, 0.25) is 0 Å². The van der Waals surface area contributed by atoms with Gasteiger partial charge in [-0.15, -0.1) is 0 Å². The van der Waals surface area contributed by atoms with Crippen LogP contribution < -0.4 is 4.74 Å². The molecule has 0 aliphatic carbocycles. The van der Waals surface area contributed by atoms with Crippen molar-refractivity contribution in [3.63, 3.8) is 0 Å². The Hall–Kier alpha value is -1.13. The van der Waals surface area contributed by atoms with Gasteiger partial charge in [-0.2, -0.15) is 0 Å². The van der Waals surface area contributed by atoms with Crippen molar-refractivity contribution in [1.29, 1.82) is 0 Å². The number of aliphatic hydroxyl groups is 1. The third kappa shape index (κ3) is 2.58. The molecule has 94 valence electrons. The first-order valence-corrected chi connectivity index (χ1v) is 6.06. The van der Waals surface area contributed by atoms with Crippen LogP contribution in [0, 0.1) is 0 Å². The van der Waals surface area contributed by atoms with Gasteiger partial charge in [0.2, 0.25) is 0 Å². The van der Waals surface area contributed by atoms with E-state index in [0.717, 1.165) is 25.9 Å². The lowest BCUT2D eigenvalue weighted by Gasteiger charge is -2.27. The van der Waals surface area contributed by atoms with E-state index in [1.807, 2.05) is 12.1 Å². The molecule has 2 heterocycles. The molecule has 2 rings (SSSR count). The molecule has 4 heteroatoms. The second-order valence-electron chi connectivity index (χ2n) is 4.74. The monoisotopic (exact) mass is 236 g/mol. The summed E-state index contributed by atoms with van der Waals surface area (Å²) >= 11 is 0. The van der Waals surface area contributed by atoms with E-state index in [1.165, 1.54) is 0 Å². The lowest BCUT2D eigenvalue weighted by Crippen LogP contribution is -2.29. The third-order valence-electron chi connectivity index (χ3n) is 3.47. The molecule has 0 bridgehead atoms. The van der Waals surface area contributed by atoms with Crippen LogP contribution in [0.5, 0.6) is 5.75 Å². The first kappa shape index (κ1) is 12.3. The largest absolute Gasteiger partial charge is 0.495 e. The summed E-state index contributed by atoms with van der Waals surface area (Å²) in [5.41, 5.74) is -0.171. The molecule has 1 aromatic rings. The fourth-order valence-electron chi connectivity index (χ4n) is 2.40. The number of rotatable bonds is 2. The normalized spacial score (nSPS) is 26.5. The van der Waals surface area contributed by atoms with Crippen LogP contribution in [0.1, 0.15) is 25.0 Å².